The van der Waals surface area contributed by atoms with Crippen LogP contribution in [0.2, 0.25) is 0 Å². The van der Waals surface area contributed by atoms with Crippen molar-refractivity contribution >= 4 is 0 Å². The normalized spacial score (nSPS) is 13.1. The lowest BCUT2D eigenvalue weighted by Gasteiger charge is -2.34. The van der Waals surface area contributed by atoms with Crippen LogP contribution in [0.3, 0.4) is 0 Å². The summed E-state index contributed by atoms with van der Waals surface area (Å²) in [6, 6.07) is 19.0. The van der Waals surface area contributed by atoms with E-state index in [1.54, 1.807) is 36.8 Å². The van der Waals surface area contributed by atoms with Gasteiger partial charge in [0.15, 0.2) is 0 Å². The number of rotatable bonds is 5. The molecule has 0 saturated heterocycles. The lowest BCUT2D eigenvalue weighted by Crippen LogP contribution is -2.33. The molecule has 4 aromatic rings. The molecule has 1 aromatic carbocycles. The van der Waals surface area contributed by atoms with Gasteiger partial charge in [0.2, 0.25) is 5.95 Å². The first-order chi connectivity index (χ1) is 13.7. The zero-order chi connectivity index (χ0) is 19.4. The third-order valence-corrected chi connectivity index (χ3v) is 4.85. The summed E-state index contributed by atoms with van der Waals surface area (Å²) in [5.41, 5.74) is 2.66. The Labute approximate surface area is 161 Å². The third kappa shape index (κ3) is 3.39. The molecule has 0 aliphatic rings. The first-order valence-corrected chi connectivity index (χ1v) is 8.87. The molecule has 1 unspecified atom stereocenters. The van der Waals surface area contributed by atoms with Gasteiger partial charge in [-0.2, -0.15) is 4.39 Å². The Morgan fingerprint density at radius 2 is 1.57 bits per heavy atom. The van der Waals surface area contributed by atoms with Crippen LogP contribution in [-0.2, 0) is 11.8 Å². The van der Waals surface area contributed by atoms with Gasteiger partial charge in [0.25, 0.3) is 0 Å². The van der Waals surface area contributed by atoms with Gasteiger partial charge in [-0.1, -0.05) is 30.3 Å². The maximum Gasteiger partial charge on any atom is 0.212 e. The second kappa shape index (κ2) is 7.64. The van der Waals surface area contributed by atoms with Gasteiger partial charge in [-0.25, -0.2) is 9.37 Å². The monoisotopic (exact) mass is 373 g/mol. The van der Waals surface area contributed by atoms with Gasteiger partial charge < -0.3 is 0 Å². The van der Waals surface area contributed by atoms with Crippen molar-refractivity contribution in [3.8, 4) is 0 Å². The SMILES string of the molecule is Fc1ccc(C(Cc2ccc(F)nc2)(c2cccnc2)c2ccccn2)cc1. The quantitative estimate of drug-likeness (QED) is 0.475. The summed E-state index contributed by atoms with van der Waals surface area (Å²) < 4.78 is 27.0. The summed E-state index contributed by atoms with van der Waals surface area (Å²) in [5, 5.41) is 0. The minimum absolute atomic E-state index is 0.312. The van der Waals surface area contributed by atoms with E-state index in [0.29, 0.717) is 6.42 Å². The summed E-state index contributed by atoms with van der Waals surface area (Å²) in [6.45, 7) is 0. The molecule has 138 valence electrons. The molecule has 3 nitrogen and oxygen atoms in total. The van der Waals surface area contributed by atoms with Crippen LogP contribution in [0, 0.1) is 11.8 Å². The van der Waals surface area contributed by atoms with E-state index in [-0.39, 0.29) is 5.82 Å². The molecule has 1 atom stereocenters. The predicted octanol–water partition coefficient (Wildman–Crippen LogP) is 4.73. The molecule has 0 fully saturated rings. The van der Waals surface area contributed by atoms with E-state index in [4.69, 9.17) is 0 Å². The Balaban J connectivity index is 1.99. The molecular weight excluding hydrogens is 356 g/mol. The lowest BCUT2D eigenvalue weighted by molar-refractivity contribution is 0.566. The highest BCUT2D eigenvalue weighted by Gasteiger charge is 2.38. The van der Waals surface area contributed by atoms with Crippen LogP contribution < -0.4 is 0 Å². The molecule has 0 aliphatic heterocycles. The topological polar surface area (TPSA) is 38.7 Å². The lowest BCUT2D eigenvalue weighted by atomic mass is 9.68. The van der Waals surface area contributed by atoms with Crippen molar-refractivity contribution in [1.82, 2.24) is 15.0 Å². The first-order valence-electron chi connectivity index (χ1n) is 8.87. The molecule has 0 bridgehead atoms. The van der Waals surface area contributed by atoms with Crippen molar-refractivity contribution in [2.45, 2.75) is 11.8 Å². The Kier molecular flexibility index (Phi) is 4.89. The average Bonchev–Trinajstić information content (AvgIpc) is 2.75. The fourth-order valence-corrected chi connectivity index (χ4v) is 3.54. The summed E-state index contributed by atoms with van der Waals surface area (Å²) in [6.07, 6.45) is 7.21. The van der Waals surface area contributed by atoms with Gasteiger partial charge >= 0.3 is 0 Å². The standard InChI is InChI=1S/C23H17F2N3/c24-20-9-7-18(8-10-20)23(19-4-3-12-26-16-19,21-5-1-2-13-27-21)14-17-6-11-22(25)28-15-17/h1-13,15-16H,14H2. The smallest absolute Gasteiger partial charge is 0.212 e. The van der Waals surface area contributed by atoms with E-state index in [2.05, 4.69) is 15.0 Å². The fourth-order valence-electron chi connectivity index (χ4n) is 3.54. The number of hydrogen-bond acceptors (Lipinski definition) is 3. The third-order valence-electron chi connectivity index (χ3n) is 4.85. The molecule has 3 aromatic heterocycles. The second-order valence-corrected chi connectivity index (χ2v) is 6.53. The van der Waals surface area contributed by atoms with Gasteiger partial charge in [0, 0.05) is 24.8 Å². The molecule has 0 amide bonds. The first kappa shape index (κ1) is 17.9. The zero-order valence-electron chi connectivity index (χ0n) is 15.0. The Morgan fingerprint density at radius 1 is 0.714 bits per heavy atom. The molecule has 0 spiro atoms. The summed E-state index contributed by atoms with van der Waals surface area (Å²) in [7, 11) is 0. The molecule has 0 aliphatic carbocycles. The zero-order valence-corrected chi connectivity index (χ0v) is 15.0. The van der Waals surface area contributed by atoms with Crippen LogP contribution in [0.5, 0.6) is 0 Å². The average molecular weight is 373 g/mol. The van der Waals surface area contributed by atoms with Gasteiger partial charge in [0.05, 0.1) is 11.1 Å². The van der Waals surface area contributed by atoms with Gasteiger partial charge in [-0.15, -0.1) is 0 Å². The Bertz CT molecular complexity index is 995. The van der Waals surface area contributed by atoms with E-state index in [0.717, 1.165) is 22.4 Å². The maximum absolute atomic E-state index is 13.7. The number of benzene rings is 1. The van der Waals surface area contributed by atoms with E-state index >= 15 is 0 Å². The predicted molar refractivity (Wildman–Crippen MR) is 103 cm³/mol. The second-order valence-electron chi connectivity index (χ2n) is 6.53. The van der Waals surface area contributed by atoms with E-state index < -0.39 is 11.4 Å². The fraction of sp³-hybridized carbons (Fsp3) is 0.0870. The van der Waals surface area contributed by atoms with Gasteiger partial charge in [0.1, 0.15) is 5.82 Å². The Hall–Kier alpha value is -3.47. The van der Waals surface area contributed by atoms with Crippen molar-refractivity contribution in [2.24, 2.45) is 0 Å². The van der Waals surface area contributed by atoms with Gasteiger partial charge in [-0.3, -0.25) is 9.97 Å². The van der Waals surface area contributed by atoms with E-state index in [1.807, 2.05) is 30.3 Å². The van der Waals surface area contributed by atoms with Crippen molar-refractivity contribution in [2.75, 3.05) is 0 Å². The molecule has 0 radical (unpaired) electrons. The number of pyridine rings is 3. The van der Waals surface area contributed by atoms with Crippen LogP contribution in [0.4, 0.5) is 8.78 Å². The molecule has 0 N–H and O–H groups in total. The molecule has 4 rings (SSSR count). The van der Waals surface area contributed by atoms with Crippen molar-refractivity contribution in [3.63, 3.8) is 0 Å². The van der Waals surface area contributed by atoms with Crippen LogP contribution >= 0.6 is 0 Å². The van der Waals surface area contributed by atoms with Crippen LogP contribution in [0.1, 0.15) is 22.4 Å². The van der Waals surface area contributed by atoms with Gasteiger partial charge in [-0.05, 0) is 59.5 Å². The highest BCUT2D eigenvalue weighted by molar-refractivity contribution is 5.49. The molecule has 0 saturated carbocycles. The van der Waals surface area contributed by atoms with E-state index in [1.165, 1.54) is 24.4 Å². The number of halogens is 2. The largest absolute Gasteiger partial charge is 0.264 e. The number of nitrogens with zero attached hydrogens (tertiary/aromatic N) is 3. The maximum atomic E-state index is 13.7. The van der Waals surface area contributed by atoms with Crippen molar-refractivity contribution < 1.29 is 8.78 Å². The highest BCUT2D eigenvalue weighted by Crippen LogP contribution is 2.40. The summed E-state index contributed by atoms with van der Waals surface area (Å²) in [5.74, 6) is -0.844. The number of hydrogen-bond donors (Lipinski definition) is 0. The Morgan fingerprint density at radius 3 is 2.21 bits per heavy atom. The van der Waals surface area contributed by atoms with Crippen LogP contribution in [-0.4, -0.2) is 15.0 Å². The summed E-state index contributed by atoms with van der Waals surface area (Å²) >= 11 is 0. The summed E-state index contributed by atoms with van der Waals surface area (Å²) in [4.78, 5) is 12.7. The van der Waals surface area contributed by atoms with Crippen molar-refractivity contribution in [3.05, 3.63) is 126 Å². The molecule has 28 heavy (non-hydrogen) atoms. The molecule has 5 heteroatoms. The van der Waals surface area contributed by atoms with Crippen LogP contribution in [0.15, 0.2) is 91.5 Å². The van der Waals surface area contributed by atoms with Crippen LogP contribution in [0.25, 0.3) is 0 Å². The molecular formula is C23H17F2N3. The van der Waals surface area contributed by atoms with E-state index in [9.17, 15) is 8.78 Å². The van der Waals surface area contributed by atoms with Crippen molar-refractivity contribution in [1.29, 1.82) is 0 Å². The minimum Gasteiger partial charge on any atom is -0.264 e. The minimum atomic E-state index is -0.733. The highest BCUT2D eigenvalue weighted by atomic mass is 19.1. The molecule has 3 heterocycles. The number of aromatic nitrogens is 3.